The van der Waals surface area contributed by atoms with Gasteiger partial charge < -0.3 is 14.4 Å². The summed E-state index contributed by atoms with van der Waals surface area (Å²) in [7, 11) is 3.91. The van der Waals surface area contributed by atoms with Crippen molar-refractivity contribution in [3.8, 4) is 0 Å². The average Bonchev–Trinajstić information content (AvgIpc) is 2.66. The smallest absolute Gasteiger partial charge is 0.347 e. The van der Waals surface area contributed by atoms with Gasteiger partial charge in [-0.1, -0.05) is 74.5 Å². The van der Waals surface area contributed by atoms with E-state index in [1.54, 1.807) is 0 Å². The first-order valence-corrected chi connectivity index (χ1v) is 9.53. The molecule has 0 heterocycles. The largest absolute Gasteiger partial charge is 0.462 e. The molecule has 0 aromatic heterocycles. The SMILES string of the molecule is CC(C)CCOC(C(=O)OCCN(C)C)(c1ccccc1)c1ccccc1. The molecule has 146 valence electrons. The Morgan fingerprint density at radius 3 is 1.89 bits per heavy atom. The Morgan fingerprint density at radius 1 is 0.926 bits per heavy atom. The van der Waals surface area contributed by atoms with Gasteiger partial charge in [-0.2, -0.15) is 0 Å². The van der Waals surface area contributed by atoms with Gasteiger partial charge in [-0.05, 0) is 37.6 Å². The lowest BCUT2D eigenvalue weighted by molar-refractivity contribution is -0.169. The van der Waals surface area contributed by atoms with Gasteiger partial charge in [0.1, 0.15) is 6.61 Å². The number of benzene rings is 2. The van der Waals surface area contributed by atoms with Crippen molar-refractivity contribution in [2.45, 2.75) is 25.9 Å². The van der Waals surface area contributed by atoms with E-state index in [4.69, 9.17) is 9.47 Å². The molecular formula is C23H31NO3. The summed E-state index contributed by atoms with van der Waals surface area (Å²) in [4.78, 5) is 15.3. The predicted molar refractivity (Wildman–Crippen MR) is 109 cm³/mol. The van der Waals surface area contributed by atoms with Crippen LogP contribution in [0.1, 0.15) is 31.4 Å². The molecule has 2 rings (SSSR count). The van der Waals surface area contributed by atoms with Crippen LogP contribution in [-0.4, -0.2) is 44.7 Å². The summed E-state index contributed by atoms with van der Waals surface area (Å²) in [6.07, 6.45) is 0.867. The van der Waals surface area contributed by atoms with Gasteiger partial charge in [0.05, 0.1) is 0 Å². The lowest BCUT2D eigenvalue weighted by Crippen LogP contribution is -2.42. The van der Waals surface area contributed by atoms with Gasteiger partial charge in [0, 0.05) is 13.2 Å². The maximum absolute atomic E-state index is 13.4. The highest BCUT2D eigenvalue weighted by molar-refractivity contribution is 5.85. The van der Waals surface area contributed by atoms with Crippen LogP contribution >= 0.6 is 0 Å². The molecular weight excluding hydrogens is 338 g/mol. The molecule has 0 aliphatic heterocycles. The molecule has 0 N–H and O–H groups in total. The van der Waals surface area contributed by atoms with Crippen LogP contribution in [0.5, 0.6) is 0 Å². The van der Waals surface area contributed by atoms with Gasteiger partial charge in [0.15, 0.2) is 0 Å². The van der Waals surface area contributed by atoms with E-state index < -0.39 is 5.60 Å². The van der Waals surface area contributed by atoms with Crippen LogP contribution in [0.4, 0.5) is 0 Å². The molecule has 2 aromatic rings. The van der Waals surface area contributed by atoms with Crippen molar-refractivity contribution in [3.63, 3.8) is 0 Å². The normalized spacial score (nSPS) is 11.8. The first-order chi connectivity index (χ1) is 13.0. The van der Waals surface area contributed by atoms with E-state index in [-0.39, 0.29) is 5.97 Å². The fourth-order valence-electron chi connectivity index (χ4n) is 2.84. The fraction of sp³-hybridized carbons (Fsp3) is 0.435. The molecule has 0 radical (unpaired) electrons. The second kappa shape index (κ2) is 10.2. The molecule has 27 heavy (non-hydrogen) atoms. The monoisotopic (exact) mass is 369 g/mol. The minimum Gasteiger partial charge on any atom is -0.462 e. The molecule has 0 atom stereocenters. The predicted octanol–water partition coefficient (Wildman–Crippen LogP) is 4.10. The number of esters is 1. The zero-order valence-electron chi connectivity index (χ0n) is 16.9. The minimum absolute atomic E-state index is 0.320. The Balaban J connectivity index is 2.43. The van der Waals surface area contributed by atoms with Crippen molar-refractivity contribution in [3.05, 3.63) is 71.8 Å². The Bertz CT molecular complexity index is 644. The topological polar surface area (TPSA) is 38.8 Å². The summed E-state index contributed by atoms with van der Waals surface area (Å²) in [5.41, 5.74) is 0.314. The first-order valence-electron chi connectivity index (χ1n) is 9.53. The van der Waals surface area contributed by atoms with Gasteiger partial charge in [0.2, 0.25) is 5.60 Å². The highest BCUT2D eigenvalue weighted by atomic mass is 16.6. The molecule has 0 saturated heterocycles. The maximum Gasteiger partial charge on any atom is 0.347 e. The summed E-state index contributed by atoms with van der Waals surface area (Å²) >= 11 is 0. The van der Waals surface area contributed by atoms with Gasteiger partial charge >= 0.3 is 5.97 Å². The van der Waals surface area contributed by atoms with Crippen molar-refractivity contribution >= 4 is 5.97 Å². The lowest BCUT2D eigenvalue weighted by atomic mass is 9.86. The third kappa shape index (κ3) is 5.65. The van der Waals surface area contributed by atoms with E-state index in [2.05, 4.69) is 13.8 Å². The molecule has 0 saturated carbocycles. The highest BCUT2D eigenvalue weighted by Gasteiger charge is 2.45. The molecule has 0 unspecified atom stereocenters. The molecule has 4 heteroatoms. The van der Waals surface area contributed by atoms with Crippen LogP contribution in [0.25, 0.3) is 0 Å². The summed E-state index contributed by atoms with van der Waals surface area (Å²) in [6.45, 7) is 5.75. The molecule has 0 aliphatic carbocycles. The third-order valence-corrected chi connectivity index (χ3v) is 4.43. The minimum atomic E-state index is -1.26. The second-order valence-electron chi connectivity index (χ2n) is 7.38. The number of likely N-dealkylation sites (N-methyl/N-ethyl adjacent to an activating group) is 1. The Morgan fingerprint density at radius 2 is 1.44 bits per heavy atom. The molecule has 0 amide bonds. The number of hydrogen-bond donors (Lipinski definition) is 0. The van der Waals surface area contributed by atoms with Crippen molar-refractivity contribution in [1.29, 1.82) is 0 Å². The molecule has 0 spiro atoms. The zero-order chi connectivity index (χ0) is 19.7. The number of hydrogen-bond acceptors (Lipinski definition) is 4. The Labute approximate surface area is 163 Å². The van der Waals surface area contributed by atoms with Crippen molar-refractivity contribution < 1.29 is 14.3 Å². The highest BCUT2D eigenvalue weighted by Crippen LogP contribution is 2.35. The standard InChI is InChI=1S/C23H31NO3/c1-19(2)15-17-27-23(20-11-7-5-8-12-20,21-13-9-6-10-14-21)22(25)26-18-16-24(3)4/h5-14,19H,15-18H2,1-4H3. The fourth-order valence-corrected chi connectivity index (χ4v) is 2.84. The van der Waals surface area contributed by atoms with E-state index >= 15 is 0 Å². The quantitative estimate of drug-likeness (QED) is 0.591. The summed E-state index contributed by atoms with van der Waals surface area (Å²) in [5.74, 6) is 0.115. The van der Waals surface area contributed by atoms with E-state index in [1.807, 2.05) is 79.7 Å². The average molecular weight is 370 g/mol. The molecule has 0 bridgehead atoms. The van der Waals surface area contributed by atoms with Crippen LogP contribution in [0.2, 0.25) is 0 Å². The summed E-state index contributed by atoms with van der Waals surface area (Å²) in [5, 5.41) is 0. The number of rotatable bonds is 10. The maximum atomic E-state index is 13.4. The van der Waals surface area contributed by atoms with Gasteiger partial charge in [-0.3, -0.25) is 0 Å². The van der Waals surface area contributed by atoms with Crippen molar-refractivity contribution in [1.82, 2.24) is 4.90 Å². The van der Waals surface area contributed by atoms with Crippen LogP contribution < -0.4 is 0 Å². The van der Waals surface area contributed by atoms with Crippen LogP contribution in [0.3, 0.4) is 0 Å². The van der Waals surface area contributed by atoms with E-state index in [9.17, 15) is 4.79 Å². The molecule has 2 aromatic carbocycles. The summed E-state index contributed by atoms with van der Waals surface area (Å²) < 4.78 is 12.0. The number of nitrogens with zero attached hydrogens (tertiary/aromatic N) is 1. The first kappa shape index (κ1) is 21.1. The number of carbonyl (C=O) groups is 1. The lowest BCUT2D eigenvalue weighted by Gasteiger charge is -2.33. The third-order valence-electron chi connectivity index (χ3n) is 4.43. The van der Waals surface area contributed by atoms with Gasteiger partial charge in [-0.25, -0.2) is 4.79 Å². The van der Waals surface area contributed by atoms with Gasteiger partial charge in [-0.15, -0.1) is 0 Å². The van der Waals surface area contributed by atoms with Crippen LogP contribution in [0.15, 0.2) is 60.7 Å². The van der Waals surface area contributed by atoms with E-state index in [0.717, 1.165) is 17.5 Å². The summed E-state index contributed by atoms with van der Waals surface area (Å²) in [6, 6.07) is 19.3. The molecule has 0 aliphatic rings. The van der Waals surface area contributed by atoms with E-state index in [0.29, 0.717) is 25.7 Å². The zero-order valence-corrected chi connectivity index (χ0v) is 16.9. The van der Waals surface area contributed by atoms with Crippen molar-refractivity contribution in [2.24, 2.45) is 5.92 Å². The molecule has 0 fully saturated rings. The van der Waals surface area contributed by atoms with Crippen molar-refractivity contribution in [2.75, 3.05) is 33.9 Å². The Hall–Kier alpha value is -2.17. The second-order valence-corrected chi connectivity index (χ2v) is 7.38. The Kier molecular flexibility index (Phi) is 8.01. The van der Waals surface area contributed by atoms with E-state index in [1.165, 1.54) is 0 Å². The van der Waals surface area contributed by atoms with Crippen LogP contribution in [0, 0.1) is 5.92 Å². The molecule has 4 nitrogen and oxygen atoms in total. The van der Waals surface area contributed by atoms with Gasteiger partial charge in [0.25, 0.3) is 0 Å². The number of carbonyl (C=O) groups excluding carboxylic acids is 1. The number of ether oxygens (including phenoxy) is 2. The van der Waals surface area contributed by atoms with Crippen LogP contribution in [-0.2, 0) is 19.9 Å².